The minimum Gasteiger partial charge on any atom is -0.318 e. The van der Waals surface area contributed by atoms with Crippen LogP contribution in [0.2, 0.25) is 0 Å². The number of anilines is 1. The first kappa shape index (κ1) is 22.1. The molecule has 4 rings (SSSR count). The average Bonchev–Trinajstić information content (AvgIpc) is 3.44. The fourth-order valence-electron chi connectivity index (χ4n) is 3.69. The molecule has 0 radical (unpaired) electrons. The number of hydrogen-bond donors (Lipinski definition) is 1. The van der Waals surface area contributed by atoms with Crippen molar-refractivity contribution in [3.8, 4) is 0 Å². The Kier molecular flexibility index (Phi) is 5.35. The van der Waals surface area contributed by atoms with Gasteiger partial charge in [-0.3, -0.25) is 18.8 Å². The van der Waals surface area contributed by atoms with E-state index >= 15 is 0 Å². The Morgan fingerprint density at radius 3 is 2.50 bits per heavy atom. The smallest absolute Gasteiger partial charge is 0.318 e. The molecule has 4 aromatic rings. The van der Waals surface area contributed by atoms with Crippen molar-refractivity contribution in [2.24, 2.45) is 7.05 Å². The van der Waals surface area contributed by atoms with Crippen LogP contribution in [0.25, 0.3) is 10.2 Å². The highest BCUT2D eigenvalue weighted by Crippen LogP contribution is 2.37. The molecule has 0 spiro atoms. The Morgan fingerprint density at radius 1 is 1.16 bits per heavy atom. The predicted molar refractivity (Wildman–Crippen MR) is 115 cm³/mol. The molecule has 0 atom stereocenters. The summed E-state index contributed by atoms with van der Waals surface area (Å²) in [5.74, 6) is -0.486. The fourth-order valence-corrected chi connectivity index (χ4v) is 4.66. The lowest BCUT2D eigenvalue weighted by atomic mass is 10.2. The maximum atomic E-state index is 13.2. The molecule has 0 bridgehead atoms. The van der Waals surface area contributed by atoms with Crippen molar-refractivity contribution < 1.29 is 18.0 Å². The summed E-state index contributed by atoms with van der Waals surface area (Å²) < 4.78 is 44.5. The second kappa shape index (κ2) is 7.76. The molecule has 0 unspecified atom stereocenters. The number of aromatic nitrogens is 6. The molecule has 0 aliphatic rings. The standard InChI is InChI=1S/C20H22F3N7OS/c1-6-29-11(3)13(8-24-29)9-30-12(4)16(10(2)26-30)25-18(31)15-7-14-17(20(21,22)23)27-28(5)19(14)32-15/h7-8H,6,9H2,1-5H3,(H,25,31). The van der Waals surface area contributed by atoms with Gasteiger partial charge in [0.1, 0.15) is 4.83 Å². The van der Waals surface area contributed by atoms with Gasteiger partial charge in [0.15, 0.2) is 5.69 Å². The van der Waals surface area contributed by atoms with Crippen LogP contribution >= 0.6 is 11.3 Å². The molecule has 0 saturated heterocycles. The molecule has 4 aromatic heterocycles. The van der Waals surface area contributed by atoms with Gasteiger partial charge in [0.25, 0.3) is 5.91 Å². The number of nitrogens with one attached hydrogen (secondary N) is 1. The summed E-state index contributed by atoms with van der Waals surface area (Å²) in [5, 5.41) is 15.1. The van der Waals surface area contributed by atoms with E-state index in [9.17, 15) is 18.0 Å². The monoisotopic (exact) mass is 465 g/mol. The van der Waals surface area contributed by atoms with Crippen molar-refractivity contribution in [2.75, 3.05) is 5.32 Å². The van der Waals surface area contributed by atoms with E-state index in [1.807, 2.05) is 25.5 Å². The highest BCUT2D eigenvalue weighted by atomic mass is 32.1. The Hall–Kier alpha value is -3.15. The summed E-state index contributed by atoms with van der Waals surface area (Å²) in [6, 6.07) is 1.24. The quantitative estimate of drug-likeness (QED) is 0.477. The maximum Gasteiger partial charge on any atom is 0.435 e. The zero-order valence-electron chi connectivity index (χ0n) is 18.2. The van der Waals surface area contributed by atoms with Crippen LogP contribution in [0.1, 0.15) is 44.9 Å². The van der Waals surface area contributed by atoms with E-state index in [-0.39, 0.29) is 15.1 Å². The van der Waals surface area contributed by atoms with Gasteiger partial charge in [0, 0.05) is 30.2 Å². The van der Waals surface area contributed by atoms with Crippen LogP contribution in [-0.2, 0) is 26.3 Å². The lowest BCUT2D eigenvalue weighted by Gasteiger charge is -2.07. The number of nitrogens with zero attached hydrogens (tertiary/aromatic N) is 6. The summed E-state index contributed by atoms with van der Waals surface area (Å²) in [5.41, 5.74) is 2.99. The van der Waals surface area contributed by atoms with Crippen molar-refractivity contribution in [3.63, 3.8) is 0 Å². The molecular formula is C20H22F3N7OS. The van der Waals surface area contributed by atoms with Crippen molar-refractivity contribution in [1.29, 1.82) is 0 Å². The highest BCUT2D eigenvalue weighted by Gasteiger charge is 2.37. The van der Waals surface area contributed by atoms with Gasteiger partial charge in [-0.2, -0.15) is 28.5 Å². The van der Waals surface area contributed by atoms with Crippen LogP contribution in [0.4, 0.5) is 18.9 Å². The van der Waals surface area contributed by atoms with Gasteiger partial charge in [-0.25, -0.2) is 0 Å². The molecule has 0 fully saturated rings. The first-order valence-corrected chi connectivity index (χ1v) is 10.7. The van der Waals surface area contributed by atoms with Crippen molar-refractivity contribution in [3.05, 3.63) is 45.5 Å². The zero-order valence-corrected chi connectivity index (χ0v) is 19.0. The molecule has 0 saturated carbocycles. The van der Waals surface area contributed by atoms with Gasteiger partial charge in [-0.1, -0.05) is 0 Å². The summed E-state index contributed by atoms with van der Waals surface area (Å²) in [6.45, 7) is 8.89. The van der Waals surface area contributed by atoms with Crippen LogP contribution in [0.5, 0.6) is 0 Å². The van der Waals surface area contributed by atoms with Crippen LogP contribution < -0.4 is 5.32 Å². The third kappa shape index (κ3) is 3.68. The Balaban J connectivity index is 1.61. The number of rotatable bonds is 5. The van der Waals surface area contributed by atoms with Gasteiger partial charge in [0.05, 0.1) is 34.7 Å². The summed E-state index contributed by atoms with van der Waals surface area (Å²) >= 11 is 0.967. The maximum absolute atomic E-state index is 13.2. The zero-order chi connectivity index (χ0) is 23.4. The second-order valence-electron chi connectivity index (χ2n) is 7.53. The normalized spacial score (nSPS) is 12.1. The first-order valence-electron chi connectivity index (χ1n) is 9.91. The molecule has 12 heteroatoms. The van der Waals surface area contributed by atoms with E-state index in [4.69, 9.17) is 0 Å². The lowest BCUT2D eigenvalue weighted by Crippen LogP contribution is -2.12. The summed E-state index contributed by atoms with van der Waals surface area (Å²) in [6.07, 6.45) is -2.79. The van der Waals surface area contributed by atoms with E-state index in [0.717, 1.165) is 39.5 Å². The molecule has 8 nitrogen and oxygen atoms in total. The summed E-state index contributed by atoms with van der Waals surface area (Å²) in [4.78, 5) is 13.3. The number of hydrogen-bond acceptors (Lipinski definition) is 5. The molecule has 0 aromatic carbocycles. The third-order valence-corrected chi connectivity index (χ3v) is 6.65. The van der Waals surface area contributed by atoms with Crippen LogP contribution in [0, 0.1) is 20.8 Å². The summed E-state index contributed by atoms with van der Waals surface area (Å²) in [7, 11) is 1.43. The van der Waals surface area contributed by atoms with Crippen LogP contribution in [0.3, 0.4) is 0 Å². The minimum absolute atomic E-state index is 0.0808. The molecule has 4 heterocycles. The Bertz CT molecular complexity index is 1330. The topological polar surface area (TPSA) is 82.6 Å². The number of fused-ring (bicyclic) bond motifs is 1. The predicted octanol–water partition coefficient (Wildman–Crippen LogP) is 4.29. The van der Waals surface area contributed by atoms with Crippen molar-refractivity contribution in [2.45, 2.75) is 47.0 Å². The largest absolute Gasteiger partial charge is 0.435 e. The highest BCUT2D eigenvalue weighted by molar-refractivity contribution is 7.20. The molecule has 0 aliphatic carbocycles. The number of carbonyl (C=O) groups is 1. The number of carbonyl (C=O) groups excluding carboxylic acids is 1. The Morgan fingerprint density at radius 2 is 1.88 bits per heavy atom. The molecule has 170 valence electrons. The molecule has 1 N–H and O–H groups in total. The average molecular weight is 466 g/mol. The van der Waals surface area contributed by atoms with E-state index in [2.05, 4.69) is 20.6 Å². The number of alkyl halides is 3. The molecule has 1 amide bonds. The third-order valence-electron chi connectivity index (χ3n) is 5.45. The molecule has 0 aliphatic heterocycles. The van der Waals surface area contributed by atoms with Gasteiger partial charge in [-0.15, -0.1) is 11.3 Å². The molecule has 32 heavy (non-hydrogen) atoms. The second-order valence-corrected chi connectivity index (χ2v) is 8.56. The molecular weight excluding hydrogens is 443 g/mol. The van der Waals surface area contributed by atoms with Gasteiger partial charge in [0.2, 0.25) is 0 Å². The number of thiophene rings is 1. The van der Waals surface area contributed by atoms with Gasteiger partial charge < -0.3 is 5.32 Å². The van der Waals surface area contributed by atoms with E-state index in [1.165, 1.54) is 13.1 Å². The Labute approximate surface area is 185 Å². The minimum atomic E-state index is -4.59. The number of aryl methyl sites for hydroxylation is 3. The van der Waals surface area contributed by atoms with Crippen LogP contribution in [0.15, 0.2) is 12.3 Å². The lowest BCUT2D eigenvalue weighted by molar-refractivity contribution is -0.140. The SMILES string of the molecule is CCn1ncc(Cn2nc(C)c(NC(=O)c3cc4c(C(F)(F)F)nn(C)c4s3)c2C)c1C. The van der Waals surface area contributed by atoms with Crippen molar-refractivity contribution >= 4 is 33.1 Å². The first-order chi connectivity index (χ1) is 15.0. The van der Waals surface area contributed by atoms with Crippen molar-refractivity contribution in [1.82, 2.24) is 29.3 Å². The number of halogens is 3. The van der Waals surface area contributed by atoms with Gasteiger partial charge >= 0.3 is 6.18 Å². The van der Waals surface area contributed by atoms with E-state index in [1.54, 1.807) is 17.8 Å². The van der Waals surface area contributed by atoms with Gasteiger partial charge in [-0.05, 0) is 33.8 Å². The van der Waals surface area contributed by atoms with Crippen LogP contribution in [-0.4, -0.2) is 35.2 Å². The fraction of sp³-hybridized carbons (Fsp3) is 0.400. The van der Waals surface area contributed by atoms with E-state index < -0.39 is 17.8 Å². The van der Waals surface area contributed by atoms with E-state index in [0.29, 0.717) is 17.9 Å². The number of amides is 1.